The fraction of sp³-hybridized carbons (Fsp3) is 0.357. The molecule has 0 amide bonds. The summed E-state index contributed by atoms with van der Waals surface area (Å²) < 4.78 is 0. The lowest BCUT2D eigenvalue weighted by Gasteiger charge is -2.06. The van der Waals surface area contributed by atoms with Crippen molar-refractivity contribution in [1.82, 2.24) is 0 Å². The van der Waals surface area contributed by atoms with Gasteiger partial charge in [-0.15, -0.1) is 0 Å². The van der Waals surface area contributed by atoms with E-state index in [2.05, 4.69) is 5.32 Å². The number of rotatable bonds is 8. The van der Waals surface area contributed by atoms with Crippen LogP contribution in [-0.4, -0.2) is 18.9 Å². The highest BCUT2D eigenvalue weighted by molar-refractivity contribution is 6.04. The first-order chi connectivity index (χ1) is 8.77. The smallest absolute Gasteiger partial charge is 0.187 e. The fourth-order valence-corrected chi connectivity index (χ4v) is 1.61. The van der Waals surface area contributed by atoms with Gasteiger partial charge in [0.15, 0.2) is 5.78 Å². The first-order valence-electron chi connectivity index (χ1n) is 6.24. The van der Waals surface area contributed by atoms with Gasteiger partial charge in [0.05, 0.1) is 0 Å². The molecule has 98 valence electrons. The summed E-state index contributed by atoms with van der Waals surface area (Å²) in [6, 6.07) is 7.40. The Morgan fingerprint density at radius 2 is 1.89 bits per heavy atom. The number of benzene rings is 1. The monoisotopic (exact) mass is 247 g/mol. The lowest BCUT2D eigenvalue weighted by molar-refractivity contribution is 0.104. The molecule has 4 heteroatoms. The molecule has 0 aliphatic heterocycles. The van der Waals surface area contributed by atoms with E-state index in [4.69, 9.17) is 11.5 Å². The van der Waals surface area contributed by atoms with E-state index in [1.54, 1.807) is 12.1 Å². The van der Waals surface area contributed by atoms with E-state index in [0.717, 1.165) is 38.0 Å². The predicted molar refractivity (Wildman–Crippen MR) is 75.5 cm³/mol. The Bertz CT molecular complexity index is 385. The standard InChI is InChI=1S/C14H21N3O/c15-9-2-1-3-11-17-13-6-4-12(5-7-13)14(18)8-10-16/h4-8,10,17H,1-3,9,11,15-16H2. The maximum absolute atomic E-state index is 11.5. The van der Waals surface area contributed by atoms with Crippen LogP contribution >= 0.6 is 0 Å². The Morgan fingerprint density at radius 1 is 1.17 bits per heavy atom. The van der Waals surface area contributed by atoms with Crippen LogP contribution in [-0.2, 0) is 0 Å². The van der Waals surface area contributed by atoms with E-state index in [-0.39, 0.29) is 5.78 Å². The number of allylic oxidation sites excluding steroid dienone is 1. The minimum atomic E-state index is -0.0769. The molecule has 0 unspecified atom stereocenters. The zero-order valence-electron chi connectivity index (χ0n) is 10.6. The molecule has 0 atom stereocenters. The van der Waals surface area contributed by atoms with Crippen LogP contribution in [0.1, 0.15) is 29.6 Å². The van der Waals surface area contributed by atoms with Crippen molar-refractivity contribution in [1.29, 1.82) is 0 Å². The van der Waals surface area contributed by atoms with Crippen LogP contribution in [0.15, 0.2) is 36.5 Å². The van der Waals surface area contributed by atoms with Gasteiger partial charge < -0.3 is 16.8 Å². The van der Waals surface area contributed by atoms with Crippen molar-refractivity contribution < 1.29 is 4.79 Å². The Morgan fingerprint density at radius 3 is 2.50 bits per heavy atom. The number of nitrogens with one attached hydrogen (secondary N) is 1. The first kappa shape index (κ1) is 14.3. The number of hydrogen-bond acceptors (Lipinski definition) is 4. The average Bonchev–Trinajstić information content (AvgIpc) is 2.39. The second-order valence-corrected chi connectivity index (χ2v) is 4.08. The van der Waals surface area contributed by atoms with Gasteiger partial charge in [-0.05, 0) is 49.9 Å². The number of carbonyl (C=O) groups is 1. The lowest BCUT2D eigenvalue weighted by Crippen LogP contribution is -2.04. The number of anilines is 1. The van der Waals surface area contributed by atoms with Crippen molar-refractivity contribution in [2.75, 3.05) is 18.4 Å². The molecule has 0 spiro atoms. The molecule has 1 aromatic carbocycles. The molecule has 18 heavy (non-hydrogen) atoms. The Hall–Kier alpha value is -1.81. The number of ketones is 1. The van der Waals surface area contributed by atoms with Gasteiger partial charge >= 0.3 is 0 Å². The Kier molecular flexibility index (Phi) is 6.58. The van der Waals surface area contributed by atoms with Crippen LogP contribution in [0, 0.1) is 0 Å². The van der Waals surface area contributed by atoms with Crippen LogP contribution in [0.4, 0.5) is 5.69 Å². The average molecular weight is 247 g/mol. The molecule has 1 rings (SSSR count). The summed E-state index contributed by atoms with van der Waals surface area (Å²) in [5.74, 6) is -0.0769. The Labute approximate surface area is 108 Å². The summed E-state index contributed by atoms with van der Waals surface area (Å²) in [6.45, 7) is 1.68. The summed E-state index contributed by atoms with van der Waals surface area (Å²) in [6.07, 6.45) is 5.93. The van der Waals surface area contributed by atoms with Crippen molar-refractivity contribution in [3.63, 3.8) is 0 Å². The summed E-state index contributed by atoms with van der Waals surface area (Å²) in [5.41, 5.74) is 12.3. The molecule has 0 aromatic heterocycles. The van der Waals surface area contributed by atoms with Crippen molar-refractivity contribution in [2.45, 2.75) is 19.3 Å². The van der Waals surface area contributed by atoms with E-state index in [1.165, 1.54) is 12.3 Å². The number of carbonyl (C=O) groups excluding carboxylic acids is 1. The molecule has 4 nitrogen and oxygen atoms in total. The molecule has 5 N–H and O–H groups in total. The summed E-state index contributed by atoms with van der Waals surface area (Å²) in [5, 5.41) is 3.31. The van der Waals surface area contributed by atoms with Gasteiger partial charge in [0.1, 0.15) is 0 Å². The zero-order chi connectivity index (χ0) is 13.2. The third kappa shape index (κ3) is 5.01. The quantitative estimate of drug-likeness (QED) is 0.372. The molecular formula is C14H21N3O. The van der Waals surface area contributed by atoms with Gasteiger partial charge in [-0.3, -0.25) is 4.79 Å². The van der Waals surface area contributed by atoms with E-state index < -0.39 is 0 Å². The van der Waals surface area contributed by atoms with Gasteiger partial charge in [-0.25, -0.2) is 0 Å². The highest BCUT2D eigenvalue weighted by Gasteiger charge is 2.00. The second-order valence-electron chi connectivity index (χ2n) is 4.08. The van der Waals surface area contributed by atoms with Crippen molar-refractivity contribution in [3.8, 4) is 0 Å². The highest BCUT2D eigenvalue weighted by atomic mass is 16.1. The van der Waals surface area contributed by atoms with Gasteiger partial charge in [0, 0.05) is 23.9 Å². The molecule has 1 aromatic rings. The normalized spacial score (nSPS) is 10.7. The molecule has 0 heterocycles. The molecule has 0 bridgehead atoms. The maximum atomic E-state index is 11.5. The van der Waals surface area contributed by atoms with E-state index in [9.17, 15) is 4.79 Å². The van der Waals surface area contributed by atoms with Crippen molar-refractivity contribution in [3.05, 3.63) is 42.1 Å². The topological polar surface area (TPSA) is 81.1 Å². The van der Waals surface area contributed by atoms with Crippen LogP contribution in [0.25, 0.3) is 0 Å². The molecule has 0 aliphatic rings. The third-order valence-corrected chi connectivity index (χ3v) is 2.63. The van der Waals surface area contributed by atoms with Gasteiger partial charge in [-0.1, -0.05) is 6.42 Å². The molecule has 0 radical (unpaired) electrons. The summed E-state index contributed by atoms with van der Waals surface area (Å²) in [7, 11) is 0. The minimum Gasteiger partial charge on any atom is -0.404 e. The van der Waals surface area contributed by atoms with Gasteiger partial charge in [0.25, 0.3) is 0 Å². The van der Waals surface area contributed by atoms with Crippen LogP contribution < -0.4 is 16.8 Å². The van der Waals surface area contributed by atoms with Crippen LogP contribution in [0.2, 0.25) is 0 Å². The van der Waals surface area contributed by atoms with Crippen LogP contribution in [0.5, 0.6) is 0 Å². The van der Waals surface area contributed by atoms with Gasteiger partial charge in [0.2, 0.25) is 0 Å². The largest absolute Gasteiger partial charge is 0.404 e. The third-order valence-electron chi connectivity index (χ3n) is 2.63. The maximum Gasteiger partial charge on any atom is 0.187 e. The first-order valence-corrected chi connectivity index (χ1v) is 6.24. The van der Waals surface area contributed by atoms with E-state index in [1.807, 2.05) is 12.1 Å². The molecule has 0 aliphatic carbocycles. The predicted octanol–water partition coefficient (Wildman–Crippen LogP) is 1.88. The fourth-order valence-electron chi connectivity index (χ4n) is 1.61. The number of nitrogens with two attached hydrogens (primary N) is 2. The minimum absolute atomic E-state index is 0.0769. The van der Waals surface area contributed by atoms with Gasteiger partial charge in [-0.2, -0.15) is 0 Å². The van der Waals surface area contributed by atoms with Crippen molar-refractivity contribution in [2.24, 2.45) is 11.5 Å². The number of unbranched alkanes of at least 4 members (excludes halogenated alkanes) is 2. The summed E-state index contributed by atoms with van der Waals surface area (Å²) >= 11 is 0. The Balaban J connectivity index is 2.38. The van der Waals surface area contributed by atoms with E-state index in [0.29, 0.717) is 5.56 Å². The molecular weight excluding hydrogens is 226 g/mol. The molecule has 0 saturated carbocycles. The second kappa shape index (κ2) is 8.31. The van der Waals surface area contributed by atoms with Crippen LogP contribution in [0.3, 0.4) is 0 Å². The highest BCUT2D eigenvalue weighted by Crippen LogP contribution is 2.10. The lowest BCUT2D eigenvalue weighted by atomic mass is 10.1. The molecule has 0 saturated heterocycles. The zero-order valence-corrected chi connectivity index (χ0v) is 10.6. The van der Waals surface area contributed by atoms with Crippen molar-refractivity contribution >= 4 is 11.5 Å². The van der Waals surface area contributed by atoms with E-state index >= 15 is 0 Å². The SMILES string of the molecule is NC=CC(=O)c1ccc(NCCCCCN)cc1. The summed E-state index contributed by atoms with van der Waals surface area (Å²) in [4.78, 5) is 11.5. The number of hydrogen-bond donors (Lipinski definition) is 3. The molecule has 0 fully saturated rings.